The summed E-state index contributed by atoms with van der Waals surface area (Å²) in [6.45, 7) is 2.10. The zero-order valence-electron chi connectivity index (χ0n) is 11.3. The molecule has 0 atom stereocenters. The number of carbonyl (C=O) groups excluding carboxylic acids is 1. The normalized spacial score (nSPS) is 10.7. The second-order valence-electron chi connectivity index (χ2n) is 4.40. The van der Waals surface area contributed by atoms with Gasteiger partial charge in [0.25, 0.3) is 0 Å². The standard InChI is InChI=1S/C16H13BrClFOS/c1-2-21-9-10-3-5-12(14(17)7-10)16(20)13-6-4-11(18)8-15(13)19/h3-8H,2,9H2,1H3. The molecule has 0 heterocycles. The fraction of sp³-hybridized carbons (Fsp3) is 0.188. The summed E-state index contributed by atoms with van der Waals surface area (Å²) in [6, 6.07) is 9.60. The molecule has 0 aliphatic heterocycles. The predicted octanol–water partition coefficient (Wildman–Crippen LogP) is 5.73. The molecule has 21 heavy (non-hydrogen) atoms. The maximum atomic E-state index is 13.8. The van der Waals surface area contributed by atoms with E-state index in [9.17, 15) is 9.18 Å². The van der Waals surface area contributed by atoms with Crippen LogP contribution in [0.25, 0.3) is 0 Å². The van der Waals surface area contributed by atoms with Gasteiger partial charge in [-0.05, 0) is 41.6 Å². The molecule has 0 unspecified atom stereocenters. The molecule has 0 aliphatic rings. The van der Waals surface area contributed by atoms with Crippen molar-refractivity contribution in [1.29, 1.82) is 0 Å². The first-order valence-electron chi connectivity index (χ1n) is 6.39. The third kappa shape index (κ3) is 4.09. The number of hydrogen-bond acceptors (Lipinski definition) is 2. The first-order valence-corrected chi connectivity index (χ1v) is 8.71. The van der Waals surface area contributed by atoms with E-state index in [1.54, 1.807) is 17.8 Å². The van der Waals surface area contributed by atoms with Crippen molar-refractivity contribution in [2.45, 2.75) is 12.7 Å². The van der Waals surface area contributed by atoms with E-state index < -0.39 is 5.82 Å². The fourth-order valence-electron chi connectivity index (χ4n) is 1.87. The van der Waals surface area contributed by atoms with E-state index in [0.29, 0.717) is 10.0 Å². The molecule has 0 aliphatic carbocycles. The topological polar surface area (TPSA) is 17.1 Å². The van der Waals surface area contributed by atoms with Gasteiger partial charge in [0, 0.05) is 20.8 Å². The summed E-state index contributed by atoms with van der Waals surface area (Å²) in [4.78, 5) is 12.4. The summed E-state index contributed by atoms with van der Waals surface area (Å²) in [6.07, 6.45) is 0. The molecule has 5 heteroatoms. The molecule has 0 radical (unpaired) electrons. The molecule has 110 valence electrons. The van der Waals surface area contributed by atoms with E-state index in [4.69, 9.17) is 11.6 Å². The summed E-state index contributed by atoms with van der Waals surface area (Å²) in [5, 5.41) is 0.273. The zero-order valence-corrected chi connectivity index (χ0v) is 14.5. The number of halogens is 3. The Morgan fingerprint density at radius 1 is 1.24 bits per heavy atom. The molecule has 0 fully saturated rings. The summed E-state index contributed by atoms with van der Waals surface area (Å²) in [7, 11) is 0. The van der Waals surface area contributed by atoms with Crippen LogP contribution in [0, 0.1) is 5.82 Å². The SMILES string of the molecule is CCSCc1ccc(C(=O)c2ccc(Cl)cc2F)c(Br)c1. The van der Waals surface area contributed by atoms with E-state index in [-0.39, 0.29) is 16.4 Å². The molecular weight excluding hydrogens is 375 g/mol. The Labute approximate surface area is 141 Å². The van der Waals surface area contributed by atoms with E-state index in [0.717, 1.165) is 23.1 Å². The molecule has 0 N–H and O–H groups in total. The lowest BCUT2D eigenvalue weighted by Crippen LogP contribution is -2.05. The fourth-order valence-corrected chi connectivity index (χ4v) is 3.26. The van der Waals surface area contributed by atoms with Crippen LogP contribution >= 0.6 is 39.3 Å². The monoisotopic (exact) mass is 386 g/mol. The summed E-state index contributed by atoms with van der Waals surface area (Å²) >= 11 is 10.9. The Morgan fingerprint density at radius 3 is 2.57 bits per heavy atom. The van der Waals surface area contributed by atoms with Crippen molar-refractivity contribution in [3.05, 3.63) is 68.4 Å². The molecule has 0 bridgehead atoms. The minimum atomic E-state index is -0.606. The van der Waals surface area contributed by atoms with Crippen molar-refractivity contribution in [1.82, 2.24) is 0 Å². The summed E-state index contributed by atoms with van der Waals surface area (Å²) in [5.41, 5.74) is 1.60. The van der Waals surface area contributed by atoms with Crippen molar-refractivity contribution < 1.29 is 9.18 Å². The lowest BCUT2D eigenvalue weighted by molar-refractivity contribution is 0.103. The van der Waals surface area contributed by atoms with Gasteiger partial charge in [-0.2, -0.15) is 11.8 Å². The summed E-state index contributed by atoms with van der Waals surface area (Å²) in [5.74, 6) is 0.962. The van der Waals surface area contributed by atoms with Gasteiger partial charge >= 0.3 is 0 Å². The van der Waals surface area contributed by atoms with Crippen molar-refractivity contribution in [2.75, 3.05) is 5.75 Å². The van der Waals surface area contributed by atoms with E-state index in [2.05, 4.69) is 22.9 Å². The molecule has 2 rings (SSSR count). The minimum Gasteiger partial charge on any atom is -0.288 e. The van der Waals surface area contributed by atoms with Gasteiger partial charge in [0.1, 0.15) is 5.82 Å². The van der Waals surface area contributed by atoms with Crippen LogP contribution in [0.2, 0.25) is 5.02 Å². The second kappa shape index (κ2) is 7.43. The molecule has 0 saturated heterocycles. The highest BCUT2D eigenvalue weighted by molar-refractivity contribution is 9.10. The van der Waals surface area contributed by atoms with Crippen LogP contribution in [0.5, 0.6) is 0 Å². The highest BCUT2D eigenvalue weighted by Gasteiger charge is 2.17. The first-order chi connectivity index (χ1) is 10.0. The van der Waals surface area contributed by atoms with Crippen LogP contribution in [0.3, 0.4) is 0 Å². The Bertz CT molecular complexity index is 675. The van der Waals surface area contributed by atoms with Crippen molar-refractivity contribution in [2.24, 2.45) is 0 Å². The average Bonchev–Trinajstić information content (AvgIpc) is 2.44. The quantitative estimate of drug-likeness (QED) is 0.610. The third-order valence-corrected chi connectivity index (χ3v) is 4.76. The average molecular weight is 388 g/mol. The molecule has 2 aromatic carbocycles. The van der Waals surface area contributed by atoms with Crippen LogP contribution in [0.15, 0.2) is 40.9 Å². The van der Waals surface area contributed by atoms with Crippen LogP contribution in [-0.2, 0) is 5.75 Å². The Kier molecular flexibility index (Phi) is 5.85. The second-order valence-corrected chi connectivity index (χ2v) is 6.97. The highest BCUT2D eigenvalue weighted by atomic mass is 79.9. The Balaban J connectivity index is 2.31. The predicted molar refractivity (Wildman–Crippen MR) is 90.8 cm³/mol. The van der Waals surface area contributed by atoms with E-state index >= 15 is 0 Å². The smallest absolute Gasteiger partial charge is 0.197 e. The van der Waals surface area contributed by atoms with Crippen LogP contribution in [-0.4, -0.2) is 11.5 Å². The number of rotatable bonds is 5. The number of carbonyl (C=O) groups is 1. The number of thioether (sulfide) groups is 1. The molecule has 0 aromatic heterocycles. The van der Waals surface area contributed by atoms with E-state index in [1.807, 2.05) is 12.1 Å². The highest BCUT2D eigenvalue weighted by Crippen LogP contribution is 2.25. The molecule has 0 saturated carbocycles. The van der Waals surface area contributed by atoms with Gasteiger partial charge in [-0.15, -0.1) is 0 Å². The zero-order chi connectivity index (χ0) is 15.4. The van der Waals surface area contributed by atoms with Gasteiger partial charge in [0.15, 0.2) is 5.78 Å². The first kappa shape index (κ1) is 16.5. The van der Waals surface area contributed by atoms with Crippen LogP contribution in [0.4, 0.5) is 4.39 Å². The molecule has 1 nitrogen and oxygen atoms in total. The van der Waals surface area contributed by atoms with Gasteiger partial charge < -0.3 is 0 Å². The van der Waals surface area contributed by atoms with Gasteiger partial charge in [-0.25, -0.2) is 4.39 Å². The molecule has 0 spiro atoms. The maximum absolute atomic E-state index is 13.8. The lowest BCUT2D eigenvalue weighted by atomic mass is 10.0. The van der Waals surface area contributed by atoms with Gasteiger partial charge in [0.2, 0.25) is 0 Å². The van der Waals surface area contributed by atoms with Gasteiger partial charge in [-0.1, -0.05) is 40.5 Å². The van der Waals surface area contributed by atoms with E-state index in [1.165, 1.54) is 12.1 Å². The molecule has 2 aromatic rings. The minimum absolute atomic E-state index is 0.0239. The lowest BCUT2D eigenvalue weighted by Gasteiger charge is -2.08. The number of hydrogen-bond donors (Lipinski definition) is 0. The largest absolute Gasteiger partial charge is 0.288 e. The van der Waals surface area contributed by atoms with Crippen molar-refractivity contribution in [3.63, 3.8) is 0 Å². The van der Waals surface area contributed by atoms with Crippen LogP contribution in [0.1, 0.15) is 28.4 Å². The maximum Gasteiger partial charge on any atom is 0.197 e. The van der Waals surface area contributed by atoms with Crippen molar-refractivity contribution in [3.8, 4) is 0 Å². The molecule has 0 amide bonds. The Morgan fingerprint density at radius 2 is 1.95 bits per heavy atom. The Hall–Kier alpha value is -0.840. The third-order valence-electron chi connectivity index (χ3n) is 2.93. The number of ketones is 1. The van der Waals surface area contributed by atoms with Gasteiger partial charge in [-0.3, -0.25) is 4.79 Å². The molecular formula is C16H13BrClFOS. The number of benzene rings is 2. The van der Waals surface area contributed by atoms with Gasteiger partial charge in [0.05, 0.1) is 5.56 Å². The van der Waals surface area contributed by atoms with Crippen molar-refractivity contribution >= 4 is 45.1 Å². The summed E-state index contributed by atoms with van der Waals surface area (Å²) < 4.78 is 14.5. The van der Waals surface area contributed by atoms with Crippen LogP contribution < -0.4 is 0 Å².